The molecular formula is C17H26BrN3O2S. The lowest BCUT2D eigenvalue weighted by atomic mass is 10.2. The predicted molar refractivity (Wildman–Crippen MR) is 106 cm³/mol. The molecule has 0 aliphatic heterocycles. The number of hydrogen-bond donors (Lipinski definition) is 2. The Morgan fingerprint density at radius 2 is 2.00 bits per heavy atom. The lowest BCUT2D eigenvalue weighted by molar-refractivity contribution is 0.0976. The van der Waals surface area contributed by atoms with E-state index >= 15 is 0 Å². The van der Waals surface area contributed by atoms with E-state index in [2.05, 4.69) is 45.3 Å². The lowest BCUT2D eigenvalue weighted by Crippen LogP contribution is -2.42. The maximum absolute atomic E-state index is 12.2. The van der Waals surface area contributed by atoms with Crippen molar-refractivity contribution in [2.75, 3.05) is 26.2 Å². The van der Waals surface area contributed by atoms with Crippen molar-refractivity contribution in [2.45, 2.75) is 33.8 Å². The van der Waals surface area contributed by atoms with Crippen LogP contribution in [0.15, 0.2) is 22.7 Å². The third kappa shape index (κ3) is 7.15. The molecule has 1 aromatic rings. The minimum atomic E-state index is -0.243. The zero-order valence-electron chi connectivity index (χ0n) is 14.7. The Labute approximate surface area is 158 Å². The van der Waals surface area contributed by atoms with E-state index < -0.39 is 0 Å². The molecule has 7 heteroatoms. The van der Waals surface area contributed by atoms with Crippen molar-refractivity contribution in [2.24, 2.45) is 0 Å². The highest BCUT2D eigenvalue weighted by Gasteiger charge is 2.11. The molecule has 1 aromatic carbocycles. The molecule has 0 bridgehead atoms. The molecule has 0 aliphatic rings. The molecule has 134 valence electrons. The molecule has 0 aromatic heterocycles. The minimum absolute atomic E-state index is 0.0727. The predicted octanol–water partition coefficient (Wildman–Crippen LogP) is 3.18. The Morgan fingerprint density at radius 1 is 1.33 bits per heavy atom. The monoisotopic (exact) mass is 415 g/mol. The molecule has 0 atom stereocenters. The first-order chi connectivity index (χ1) is 11.4. The van der Waals surface area contributed by atoms with Crippen LogP contribution in [-0.4, -0.2) is 48.2 Å². The molecule has 0 aliphatic carbocycles. The van der Waals surface area contributed by atoms with Crippen LogP contribution in [0.2, 0.25) is 0 Å². The number of carbonyl (C=O) groups is 1. The summed E-state index contributed by atoms with van der Waals surface area (Å²) in [5.74, 6) is 0.466. The fourth-order valence-corrected chi connectivity index (χ4v) is 2.75. The fourth-order valence-electron chi connectivity index (χ4n) is 2.08. The van der Waals surface area contributed by atoms with Gasteiger partial charge in [0, 0.05) is 18.7 Å². The first kappa shape index (κ1) is 20.9. The van der Waals surface area contributed by atoms with E-state index in [0.29, 0.717) is 23.0 Å². The van der Waals surface area contributed by atoms with E-state index in [1.165, 1.54) is 0 Å². The molecule has 0 spiro atoms. The molecule has 2 N–H and O–H groups in total. The van der Waals surface area contributed by atoms with Crippen molar-refractivity contribution in [1.82, 2.24) is 15.5 Å². The smallest absolute Gasteiger partial charge is 0.257 e. The number of benzene rings is 1. The number of ether oxygens (including phenoxy) is 1. The van der Waals surface area contributed by atoms with E-state index in [4.69, 9.17) is 17.0 Å². The zero-order valence-corrected chi connectivity index (χ0v) is 17.1. The van der Waals surface area contributed by atoms with Crippen LogP contribution in [0.3, 0.4) is 0 Å². The maximum atomic E-state index is 12.2. The van der Waals surface area contributed by atoms with E-state index in [9.17, 15) is 4.79 Å². The Bertz CT molecular complexity index is 563. The summed E-state index contributed by atoms with van der Waals surface area (Å²) in [6.07, 6.45) is 0.0727. The molecule has 0 heterocycles. The molecule has 24 heavy (non-hydrogen) atoms. The molecule has 0 fully saturated rings. The summed E-state index contributed by atoms with van der Waals surface area (Å²) >= 11 is 8.60. The van der Waals surface area contributed by atoms with Gasteiger partial charge in [0.2, 0.25) is 0 Å². The van der Waals surface area contributed by atoms with Gasteiger partial charge < -0.3 is 15.0 Å². The lowest BCUT2D eigenvalue weighted by Gasteiger charge is -2.18. The molecule has 0 saturated heterocycles. The van der Waals surface area contributed by atoms with Gasteiger partial charge >= 0.3 is 0 Å². The zero-order chi connectivity index (χ0) is 18.1. The van der Waals surface area contributed by atoms with Gasteiger partial charge in [0.15, 0.2) is 5.11 Å². The van der Waals surface area contributed by atoms with Crippen molar-refractivity contribution in [3.63, 3.8) is 0 Å². The molecule has 0 radical (unpaired) electrons. The largest absolute Gasteiger partial charge is 0.490 e. The first-order valence-electron chi connectivity index (χ1n) is 8.15. The van der Waals surface area contributed by atoms with Gasteiger partial charge in [0.1, 0.15) is 5.75 Å². The number of thiocarbonyl (C=S) groups is 1. The standard InChI is InChI=1S/C17H26BrN3O2S/c1-5-21(6-2)10-9-19-17(24)20-16(22)13-7-8-15(14(18)11-13)23-12(3)4/h7-8,11-12H,5-6,9-10H2,1-4H3,(H2,19,20,22,24). The molecule has 0 saturated carbocycles. The molecular weight excluding hydrogens is 390 g/mol. The molecule has 0 unspecified atom stereocenters. The number of likely N-dealkylation sites (N-methyl/N-ethyl adjacent to an activating group) is 1. The number of halogens is 1. The molecule has 1 rings (SSSR count). The van der Waals surface area contributed by atoms with E-state index in [1.807, 2.05) is 13.8 Å². The van der Waals surface area contributed by atoms with Gasteiger partial charge in [-0.15, -0.1) is 0 Å². The van der Waals surface area contributed by atoms with Crippen molar-refractivity contribution in [3.05, 3.63) is 28.2 Å². The summed E-state index contributed by atoms with van der Waals surface area (Å²) in [5.41, 5.74) is 0.519. The summed E-state index contributed by atoms with van der Waals surface area (Å²) in [5, 5.41) is 6.09. The number of hydrogen-bond acceptors (Lipinski definition) is 4. The highest BCUT2D eigenvalue weighted by molar-refractivity contribution is 9.10. The van der Waals surface area contributed by atoms with E-state index in [-0.39, 0.29) is 12.0 Å². The fraction of sp³-hybridized carbons (Fsp3) is 0.529. The summed E-state index contributed by atoms with van der Waals surface area (Å²) in [7, 11) is 0. The number of amides is 1. The number of carbonyl (C=O) groups excluding carboxylic acids is 1. The van der Waals surface area contributed by atoms with Gasteiger partial charge in [-0.05, 0) is 73.3 Å². The molecule has 1 amide bonds. The Kier molecular flexibility index (Phi) is 9.25. The van der Waals surface area contributed by atoms with E-state index in [0.717, 1.165) is 24.1 Å². The van der Waals surface area contributed by atoms with Gasteiger partial charge in [-0.2, -0.15) is 0 Å². The number of nitrogens with one attached hydrogen (secondary N) is 2. The van der Waals surface area contributed by atoms with Crippen LogP contribution in [-0.2, 0) is 0 Å². The Hall–Kier alpha value is -1.18. The first-order valence-corrected chi connectivity index (χ1v) is 9.35. The number of nitrogens with zero attached hydrogens (tertiary/aromatic N) is 1. The van der Waals surface area contributed by atoms with Crippen LogP contribution in [0.1, 0.15) is 38.1 Å². The maximum Gasteiger partial charge on any atom is 0.257 e. The summed E-state index contributed by atoms with van der Waals surface area (Å²) < 4.78 is 6.38. The van der Waals surface area contributed by atoms with Crippen LogP contribution in [0.4, 0.5) is 0 Å². The van der Waals surface area contributed by atoms with Crippen LogP contribution in [0, 0.1) is 0 Å². The highest BCUT2D eigenvalue weighted by Crippen LogP contribution is 2.26. The van der Waals surface area contributed by atoms with Gasteiger partial charge in [0.25, 0.3) is 5.91 Å². The van der Waals surface area contributed by atoms with Crippen LogP contribution in [0.25, 0.3) is 0 Å². The van der Waals surface area contributed by atoms with E-state index in [1.54, 1.807) is 18.2 Å². The van der Waals surface area contributed by atoms with Gasteiger partial charge in [0.05, 0.1) is 10.6 Å². The second-order valence-corrected chi connectivity index (χ2v) is 6.81. The number of rotatable bonds is 8. The van der Waals surface area contributed by atoms with Gasteiger partial charge in [-0.25, -0.2) is 0 Å². The summed E-state index contributed by atoms with van der Waals surface area (Å²) in [4.78, 5) is 14.5. The van der Waals surface area contributed by atoms with Gasteiger partial charge in [-0.1, -0.05) is 13.8 Å². The topological polar surface area (TPSA) is 53.6 Å². The van der Waals surface area contributed by atoms with Crippen LogP contribution in [0.5, 0.6) is 5.75 Å². The minimum Gasteiger partial charge on any atom is -0.490 e. The summed E-state index contributed by atoms with van der Waals surface area (Å²) in [6, 6.07) is 5.22. The van der Waals surface area contributed by atoms with Crippen molar-refractivity contribution in [1.29, 1.82) is 0 Å². The highest BCUT2D eigenvalue weighted by atomic mass is 79.9. The SMILES string of the molecule is CCN(CC)CCNC(=S)NC(=O)c1ccc(OC(C)C)c(Br)c1. The second-order valence-electron chi connectivity index (χ2n) is 5.55. The van der Waals surface area contributed by atoms with Crippen molar-refractivity contribution < 1.29 is 9.53 Å². The van der Waals surface area contributed by atoms with Crippen molar-refractivity contribution >= 4 is 39.2 Å². The quantitative estimate of drug-likeness (QED) is 0.638. The third-order valence-electron chi connectivity index (χ3n) is 3.39. The van der Waals surface area contributed by atoms with Crippen LogP contribution < -0.4 is 15.4 Å². The molecule has 5 nitrogen and oxygen atoms in total. The normalized spacial score (nSPS) is 10.8. The Morgan fingerprint density at radius 3 is 2.54 bits per heavy atom. The van der Waals surface area contributed by atoms with Gasteiger partial charge in [-0.3, -0.25) is 10.1 Å². The average Bonchev–Trinajstić information content (AvgIpc) is 2.53. The Balaban J connectivity index is 2.52. The van der Waals surface area contributed by atoms with Crippen molar-refractivity contribution in [3.8, 4) is 5.75 Å². The second kappa shape index (κ2) is 10.6. The summed E-state index contributed by atoms with van der Waals surface area (Å²) in [6.45, 7) is 11.7. The average molecular weight is 416 g/mol. The van der Waals surface area contributed by atoms with Crippen LogP contribution >= 0.6 is 28.1 Å². The third-order valence-corrected chi connectivity index (χ3v) is 4.26.